The molecule has 1 unspecified atom stereocenters. The van der Waals surface area contributed by atoms with Gasteiger partial charge in [-0.15, -0.1) is 11.6 Å². The Morgan fingerprint density at radius 2 is 2.18 bits per heavy atom. The predicted octanol–water partition coefficient (Wildman–Crippen LogP) is 0.957. The summed E-state index contributed by atoms with van der Waals surface area (Å²) in [6.07, 6.45) is 3.67. The van der Waals surface area contributed by atoms with Gasteiger partial charge >= 0.3 is 0 Å². The fourth-order valence-corrected chi connectivity index (χ4v) is 1.59. The van der Waals surface area contributed by atoms with E-state index in [1.807, 2.05) is 0 Å². The Balaban J connectivity index is 1.96. The minimum Gasteiger partial charge on any atom is -0.314 e. The van der Waals surface area contributed by atoms with Crippen molar-refractivity contribution in [3.63, 3.8) is 0 Å². The average Bonchev–Trinajstić information content (AvgIpc) is 2.07. The lowest BCUT2D eigenvalue weighted by atomic mass is 10.1. The molecule has 66 valence electrons. The molecule has 1 atom stereocenters. The van der Waals surface area contributed by atoms with Crippen molar-refractivity contribution in [1.82, 2.24) is 10.6 Å². The van der Waals surface area contributed by atoms with Crippen LogP contribution in [-0.4, -0.2) is 31.6 Å². The molecule has 0 spiro atoms. The zero-order valence-electron chi connectivity index (χ0n) is 6.91. The van der Waals surface area contributed by atoms with Crippen LogP contribution in [0.5, 0.6) is 0 Å². The average molecular weight is 177 g/mol. The third-order valence-electron chi connectivity index (χ3n) is 2.06. The van der Waals surface area contributed by atoms with Gasteiger partial charge in [-0.1, -0.05) is 6.42 Å². The molecule has 0 aromatic carbocycles. The van der Waals surface area contributed by atoms with Gasteiger partial charge in [0.05, 0.1) is 0 Å². The highest BCUT2D eigenvalue weighted by Gasteiger charge is 2.10. The van der Waals surface area contributed by atoms with Crippen molar-refractivity contribution in [2.45, 2.75) is 25.3 Å². The van der Waals surface area contributed by atoms with Crippen molar-refractivity contribution in [2.75, 3.05) is 25.5 Å². The fourth-order valence-electron chi connectivity index (χ4n) is 1.40. The molecule has 1 rings (SSSR count). The van der Waals surface area contributed by atoms with Gasteiger partial charge < -0.3 is 10.6 Å². The molecule has 1 aliphatic heterocycles. The first-order valence-electron chi connectivity index (χ1n) is 4.43. The van der Waals surface area contributed by atoms with Crippen molar-refractivity contribution < 1.29 is 0 Å². The molecule has 0 aromatic heterocycles. The molecule has 1 heterocycles. The van der Waals surface area contributed by atoms with Crippen LogP contribution in [0.15, 0.2) is 0 Å². The van der Waals surface area contributed by atoms with Crippen molar-refractivity contribution >= 4 is 11.6 Å². The first-order valence-corrected chi connectivity index (χ1v) is 4.97. The maximum atomic E-state index is 5.58. The molecule has 0 radical (unpaired) electrons. The molecule has 0 saturated carbocycles. The molecule has 3 heteroatoms. The van der Waals surface area contributed by atoms with Crippen LogP contribution in [0, 0.1) is 0 Å². The van der Waals surface area contributed by atoms with Crippen LogP contribution in [-0.2, 0) is 0 Å². The summed E-state index contributed by atoms with van der Waals surface area (Å²) in [7, 11) is 0. The third-order valence-corrected chi connectivity index (χ3v) is 2.33. The van der Waals surface area contributed by atoms with E-state index in [-0.39, 0.29) is 0 Å². The Labute approximate surface area is 73.7 Å². The zero-order valence-corrected chi connectivity index (χ0v) is 7.66. The Hall–Kier alpha value is 0.210. The van der Waals surface area contributed by atoms with Gasteiger partial charge in [0, 0.05) is 31.6 Å². The van der Waals surface area contributed by atoms with Crippen molar-refractivity contribution in [3.8, 4) is 0 Å². The van der Waals surface area contributed by atoms with Crippen LogP contribution < -0.4 is 10.6 Å². The van der Waals surface area contributed by atoms with Gasteiger partial charge in [0.2, 0.25) is 0 Å². The molecular weight excluding hydrogens is 160 g/mol. The second kappa shape index (κ2) is 5.81. The Morgan fingerprint density at radius 3 is 2.82 bits per heavy atom. The summed E-state index contributed by atoms with van der Waals surface area (Å²) in [5, 5.41) is 6.84. The van der Waals surface area contributed by atoms with E-state index in [1.54, 1.807) is 0 Å². The maximum Gasteiger partial charge on any atom is 0.0223 e. The van der Waals surface area contributed by atoms with E-state index < -0.39 is 0 Å². The quantitative estimate of drug-likeness (QED) is 0.493. The van der Waals surface area contributed by atoms with E-state index in [0.717, 1.165) is 31.9 Å². The smallest absolute Gasteiger partial charge is 0.0223 e. The van der Waals surface area contributed by atoms with Gasteiger partial charge in [-0.05, 0) is 12.8 Å². The second-order valence-corrected chi connectivity index (χ2v) is 3.42. The van der Waals surface area contributed by atoms with Crippen molar-refractivity contribution in [1.29, 1.82) is 0 Å². The first kappa shape index (κ1) is 9.30. The minimum absolute atomic E-state index is 0.687. The van der Waals surface area contributed by atoms with Gasteiger partial charge in [0.25, 0.3) is 0 Å². The summed E-state index contributed by atoms with van der Waals surface area (Å²) < 4.78 is 0. The Kier molecular flexibility index (Phi) is 4.91. The molecule has 1 fully saturated rings. The molecule has 2 N–H and O–H groups in total. The van der Waals surface area contributed by atoms with Crippen LogP contribution in [0.4, 0.5) is 0 Å². The maximum absolute atomic E-state index is 5.58. The van der Waals surface area contributed by atoms with Gasteiger partial charge in [0.1, 0.15) is 0 Å². The monoisotopic (exact) mass is 176 g/mol. The molecular formula is C8H17ClN2. The molecule has 11 heavy (non-hydrogen) atoms. The normalized spacial score (nSPS) is 25.4. The molecule has 0 aromatic rings. The summed E-state index contributed by atoms with van der Waals surface area (Å²) in [6, 6.07) is 0.687. The highest BCUT2D eigenvalue weighted by molar-refractivity contribution is 6.17. The number of piperazine rings is 1. The number of rotatable bonds is 4. The third kappa shape index (κ3) is 3.94. The number of unbranched alkanes of at least 4 members (excludes halogenated alkanes) is 1. The number of hydrogen-bond donors (Lipinski definition) is 2. The largest absolute Gasteiger partial charge is 0.314 e. The van der Waals surface area contributed by atoms with Crippen LogP contribution in [0.3, 0.4) is 0 Å². The highest BCUT2D eigenvalue weighted by Crippen LogP contribution is 2.02. The Morgan fingerprint density at radius 1 is 1.27 bits per heavy atom. The summed E-state index contributed by atoms with van der Waals surface area (Å²) in [6.45, 7) is 3.36. The standard InChI is InChI=1S/C8H17ClN2/c9-4-2-1-3-8-7-10-5-6-11-8/h8,10-11H,1-7H2. The SMILES string of the molecule is ClCCCCC1CNCCN1. The molecule has 1 saturated heterocycles. The van der Waals surface area contributed by atoms with Crippen molar-refractivity contribution in [2.24, 2.45) is 0 Å². The van der Waals surface area contributed by atoms with E-state index in [0.29, 0.717) is 6.04 Å². The highest BCUT2D eigenvalue weighted by atomic mass is 35.5. The van der Waals surface area contributed by atoms with Gasteiger partial charge in [-0.3, -0.25) is 0 Å². The van der Waals surface area contributed by atoms with Gasteiger partial charge in [-0.25, -0.2) is 0 Å². The summed E-state index contributed by atoms with van der Waals surface area (Å²) in [5.74, 6) is 0.806. The molecule has 2 nitrogen and oxygen atoms in total. The second-order valence-electron chi connectivity index (χ2n) is 3.04. The molecule has 0 bridgehead atoms. The van der Waals surface area contributed by atoms with Crippen LogP contribution >= 0.6 is 11.6 Å². The number of alkyl halides is 1. The van der Waals surface area contributed by atoms with E-state index >= 15 is 0 Å². The lowest BCUT2D eigenvalue weighted by Crippen LogP contribution is -2.48. The predicted molar refractivity (Wildman–Crippen MR) is 49.2 cm³/mol. The first-order chi connectivity index (χ1) is 5.43. The van der Waals surface area contributed by atoms with E-state index in [2.05, 4.69) is 10.6 Å². The summed E-state index contributed by atoms with van der Waals surface area (Å²) >= 11 is 5.58. The van der Waals surface area contributed by atoms with E-state index in [9.17, 15) is 0 Å². The van der Waals surface area contributed by atoms with Gasteiger partial charge in [0.15, 0.2) is 0 Å². The van der Waals surface area contributed by atoms with Gasteiger partial charge in [-0.2, -0.15) is 0 Å². The fraction of sp³-hybridized carbons (Fsp3) is 1.00. The van der Waals surface area contributed by atoms with E-state index in [1.165, 1.54) is 12.8 Å². The lowest BCUT2D eigenvalue weighted by Gasteiger charge is -2.24. The molecule has 0 amide bonds. The summed E-state index contributed by atoms with van der Waals surface area (Å²) in [4.78, 5) is 0. The molecule has 0 aliphatic carbocycles. The minimum atomic E-state index is 0.687. The number of halogens is 1. The van der Waals surface area contributed by atoms with Crippen LogP contribution in [0.25, 0.3) is 0 Å². The lowest BCUT2D eigenvalue weighted by molar-refractivity contribution is 0.391. The van der Waals surface area contributed by atoms with Crippen LogP contribution in [0.2, 0.25) is 0 Å². The Bertz CT molecular complexity index is 92.1. The molecule has 1 aliphatic rings. The zero-order chi connectivity index (χ0) is 7.94. The number of nitrogens with one attached hydrogen (secondary N) is 2. The number of hydrogen-bond acceptors (Lipinski definition) is 2. The van der Waals surface area contributed by atoms with E-state index in [4.69, 9.17) is 11.6 Å². The summed E-state index contributed by atoms with van der Waals surface area (Å²) in [5.41, 5.74) is 0. The van der Waals surface area contributed by atoms with Crippen molar-refractivity contribution in [3.05, 3.63) is 0 Å². The topological polar surface area (TPSA) is 24.1 Å². The van der Waals surface area contributed by atoms with Crippen LogP contribution in [0.1, 0.15) is 19.3 Å².